The topological polar surface area (TPSA) is 67.5 Å². The molecule has 0 aliphatic carbocycles. The first kappa shape index (κ1) is 13.8. The third-order valence-electron chi connectivity index (χ3n) is 2.74. The van der Waals surface area contributed by atoms with Crippen LogP contribution in [-0.2, 0) is 4.79 Å². The summed E-state index contributed by atoms with van der Waals surface area (Å²) >= 11 is 1.51. The normalized spacial score (nSPS) is 16.9. The van der Waals surface area contributed by atoms with Crippen LogP contribution in [0.5, 0.6) is 0 Å². The molecule has 1 aromatic rings. The molecule has 0 bridgehead atoms. The fourth-order valence-corrected chi connectivity index (χ4v) is 3.07. The summed E-state index contributed by atoms with van der Waals surface area (Å²) in [6.45, 7) is 4.46. The predicted molar refractivity (Wildman–Crippen MR) is 80.7 cm³/mol. The second kappa shape index (κ2) is 6.04. The number of aliphatic imine (C=N–C) groups is 1. The van der Waals surface area contributed by atoms with E-state index in [0.29, 0.717) is 18.7 Å². The molecule has 2 rings (SSSR count). The van der Waals surface area contributed by atoms with E-state index < -0.39 is 0 Å². The lowest BCUT2D eigenvalue weighted by atomic mass is 10.1. The molecular weight excluding hydrogens is 258 g/mol. The molecule has 1 aliphatic rings. The van der Waals surface area contributed by atoms with Crippen molar-refractivity contribution in [2.24, 2.45) is 10.7 Å². The van der Waals surface area contributed by atoms with Gasteiger partial charge in [0.2, 0.25) is 0 Å². The van der Waals surface area contributed by atoms with Gasteiger partial charge in [-0.15, -0.1) is 0 Å². The molecule has 1 heterocycles. The van der Waals surface area contributed by atoms with Crippen LogP contribution in [0.2, 0.25) is 0 Å². The number of para-hydroxylation sites is 1. The largest absolute Gasteiger partial charge is 0.358 e. The van der Waals surface area contributed by atoms with Crippen LogP contribution in [0.1, 0.15) is 13.8 Å². The van der Waals surface area contributed by atoms with Gasteiger partial charge in [-0.2, -0.15) is 0 Å². The molecule has 1 aromatic carbocycles. The number of fused-ring (bicyclic) bond motifs is 1. The zero-order valence-corrected chi connectivity index (χ0v) is 11.9. The van der Waals surface area contributed by atoms with E-state index in [0.717, 1.165) is 21.3 Å². The lowest BCUT2D eigenvalue weighted by Crippen LogP contribution is -2.13. The number of nitrogens with zero attached hydrogens (tertiary/aromatic N) is 1. The van der Waals surface area contributed by atoms with Gasteiger partial charge in [-0.1, -0.05) is 23.9 Å². The highest BCUT2D eigenvalue weighted by Gasteiger charge is 2.22. The number of nitrogens with one attached hydrogen (secondary N) is 1. The average Bonchev–Trinajstić information content (AvgIpc) is 2.51. The molecule has 3 N–H and O–H groups in total. The zero-order chi connectivity index (χ0) is 13.8. The van der Waals surface area contributed by atoms with E-state index >= 15 is 0 Å². The molecule has 0 aromatic heterocycles. The molecule has 0 amide bonds. The number of carbonyl (C=O) groups excluding carboxylic acids is 1. The second-order valence-electron chi connectivity index (χ2n) is 4.25. The Morgan fingerprint density at radius 1 is 1.42 bits per heavy atom. The van der Waals surface area contributed by atoms with Crippen molar-refractivity contribution in [3.63, 3.8) is 0 Å². The number of carbonyl (C=O) groups is 1. The molecular formula is C14H17N3OS. The van der Waals surface area contributed by atoms with Crippen LogP contribution in [0.3, 0.4) is 0 Å². The monoisotopic (exact) mass is 275 g/mol. The summed E-state index contributed by atoms with van der Waals surface area (Å²) in [7, 11) is 0. The third kappa shape index (κ3) is 3.05. The van der Waals surface area contributed by atoms with Gasteiger partial charge in [0.05, 0.1) is 17.8 Å². The Kier molecular flexibility index (Phi) is 4.39. The minimum absolute atomic E-state index is 0.0149. The Balaban J connectivity index is 2.50. The van der Waals surface area contributed by atoms with E-state index in [4.69, 9.17) is 5.73 Å². The number of thioether (sulfide) groups is 1. The van der Waals surface area contributed by atoms with Crippen molar-refractivity contribution >= 4 is 28.3 Å². The molecule has 0 spiro atoms. The van der Waals surface area contributed by atoms with Gasteiger partial charge in [-0.3, -0.25) is 9.79 Å². The van der Waals surface area contributed by atoms with Crippen molar-refractivity contribution in [2.45, 2.75) is 18.7 Å². The SMILES string of the molecule is CC(=O)C1=C(C)Nc2ccccc2SC1=NCCN. The highest BCUT2D eigenvalue weighted by Crippen LogP contribution is 2.35. The molecule has 0 radical (unpaired) electrons. The van der Waals surface area contributed by atoms with Crippen LogP contribution in [0.25, 0.3) is 0 Å². The summed E-state index contributed by atoms with van der Waals surface area (Å²) in [5.74, 6) is 0.0149. The zero-order valence-electron chi connectivity index (χ0n) is 11.1. The number of allylic oxidation sites excluding steroid dienone is 1. The van der Waals surface area contributed by atoms with Crippen LogP contribution < -0.4 is 11.1 Å². The maximum Gasteiger partial charge on any atom is 0.164 e. The van der Waals surface area contributed by atoms with E-state index in [1.807, 2.05) is 31.2 Å². The van der Waals surface area contributed by atoms with Gasteiger partial charge in [-0.05, 0) is 26.0 Å². The minimum Gasteiger partial charge on any atom is -0.358 e. The van der Waals surface area contributed by atoms with Gasteiger partial charge in [0, 0.05) is 17.1 Å². The van der Waals surface area contributed by atoms with Gasteiger partial charge < -0.3 is 11.1 Å². The van der Waals surface area contributed by atoms with Crippen LogP contribution in [0.15, 0.2) is 45.4 Å². The summed E-state index contributed by atoms with van der Waals surface area (Å²) in [5.41, 5.74) is 7.99. The Bertz CT molecular complexity index is 564. The lowest BCUT2D eigenvalue weighted by molar-refractivity contribution is -0.113. The Hall–Kier alpha value is -1.59. The van der Waals surface area contributed by atoms with Crippen molar-refractivity contribution in [1.82, 2.24) is 0 Å². The van der Waals surface area contributed by atoms with E-state index in [1.54, 1.807) is 6.92 Å². The minimum atomic E-state index is 0.0149. The fourth-order valence-electron chi connectivity index (χ4n) is 1.93. The quantitative estimate of drug-likeness (QED) is 0.889. The van der Waals surface area contributed by atoms with Crippen molar-refractivity contribution in [2.75, 3.05) is 18.4 Å². The van der Waals surface area contributed by atoms with E-state index in [-0.39, 0.29) is 5.78 Å². The van der Waals surface area contributed by atoms with Crippen molar-refractivity contribution in [3.8, 4) is 0 Å². The molecule has 0 saturated carbocycles. The number of anilines is 1. The van der Waals surface area contributed by atoms with Crippen molar-refractivity contribution in [3.05, 3.63) is 35.5 Å². The number of rotatable bonds is 3. The summed E-state index contributed by atoms with van der Waals surface area (Å²) in [5, 5.41) is 4.03. The van der Waals surface area contributed by atoms with E-state index in [9.17, 15) is 4.79 Å². The number of nitrogens with two attached hydrogens (primary N) is 1. The number of ketones is 1. The first-order chi connectivity index (χ1) is 9.13. The van der Waals surface area contributed by atoms with Gasteiger partial charge in [0.15, 0.2) is 5.78 Å². The molecule has 0 fully saturated rings. The smallest absolute Gasteiger partial charge is 0.164 e. The summed E-state index contributed by atoms with van der Waals surface area (Å²) in [6.07, 6.45) is 0. The number of benzene rings is 1. The van der Waals surface area contributed by atoms with Gasteiger partial charge in [0.25, 0.3) is 0 Å². The highest BCUT2D eigenvalue weighted by molar-refractivity contribution is 8.14. The predicted octanol–water partition coefficient (Wildman–Crippen LogP) is 2.42. The first-order valence-corrected chi connectivity index (χ1v) is 6.95. The third-order valence-corrected chi connectivity index (χ3v) is 3.84. The van der Waals surface area contributed by atoms with Crippen LogP contribution in [0, 0.1) is 0 Å². The molecule has 1 aliphatic heterocycles. The molecule has 19 heavy (non-hydrogen) atoms. The molecule has 5 heteroatoms. The Morgan fingerprint density at radius 3 is 2.84 bits per heavy atom. The van der Waals surface area contributed by atoms with Crippen LogP contribution >= 0.6 is 11.8 Å². The fraction of sp³-hybridized carbons (Fsp3) is 0.286. The standard InChI is InChI=1S/C14H17N3OS/c1-9-13(10(2)18)14(16-8-7-15)19-12-6-4-3-5-11(12)17-9/h3-6,17H,7-8,15H2,1-2H3. The molecule has 0 saturated heterocycles. The van der Waals surface area contributed by atoms with E-state index in [1.165, 1.54) is 11.8 Å². The van der Waals surface area contributed by atoms with Gasteiger partial charge in [0.1, 0.15) is 5.04 Å². The molecule has 100 valence electrons. The number of Topliss-reactive ketones (excluding diaryl/α,β-unsaturated/α-hetero) is 1. The summed E-state index contributed by atoms with van der Waals surface area (Å²) in [4.78, 5) is 17.4. The van der Waals surface area contributed by atoms with Crippen LogP contribution in [0.4, 0.5) is 5.69 Å². The second-order valence-corrected chi connectivity index (χ2v) is 5.29. The first-order valence-electron chi connectivity index (χ1n) is 6.14. The maximum absolute atomic E-state index is 11.9. The number of hydrogen-bond acceptors (Lipinski definition) is 5. The summed E-state index contributed by atoms with van der Waals surface area (Å²) < 4.78 is 0. The van der Waals surface area contributed by atoms with Gasteiger partial charge in [-0.25, -0.2) is 0 Å². The van der Waals surface area contributed by atoms with Crippen LogP contribution in [-0.4, -0.2) is 23.9 Å². The maximum atomic E-state index is 11.9. The molecule has 0 atom stereocenters. The Morgan fingerprint density at radius 2 is 2.16 bits per heavy atom. The van der Waals surface area contributed by atoms with Gasteiger partial charge >= 0.3 is 0 Å². The molecule has 0 unspecified atom stereocenters. The van der Waals surface area contributed by atoms with Crippen molar-refractivity contribution in [1.29, 1.82) is 0 Å². The lowest BCUT2D eigenvalue weighted by Gasteiger charge is -2.08. The average molecular weight is 275 g/mol. The van der Waals surface area contributed by atoms with Crippen molar-refractivity contribution < 1.29 is 4.79 Å². The summed E-state index contributed by atoms with van der Waals surface area (Å²) in [6, 6.07) is 7.95. The number of hydrogen-bond donors (Lipinski definition) is 2. The molecule has 4 nitrogen and oxygen atoms in total. The van der Waals surface area contributed by atoms with E-state index in [2.05, 4.69) is 10.3 Å². The Labute approximate surface area is 117 Å². The highest BCUT2D eigenvalue weighted by atomic mass is 32.2.